The Labute approximate surface area is 104 Å². The van der Waals surface area contributed by atoms with Crippen molar-refractivity contribution in [3.05, 3.63) is 0 Å². The molecule has 0 amide bonds. The minimum absolute atomic E-state index is 0.175. The lowest BCUT2D eigenvalue weighted by Gasteiger charge is -2.38. The van der Waals surface area contributed by atoms with Crippen LogP contribution < -0.4 is 5.32 Å². The van der Waals surface area contributed by atoms with Gasteiger partial charge in [-0.15, -0.1) is 0 Å². The molecule has 4 nitrogen and oxygen atoms in total. The van der Waals surface area contributed by atoms with E-state index < -0.39 is 5.54 Å². The summed E-state index contributed by atoms with van der Waals surface area (Å²) in [5, 5.41) is 3.46. The van der Waals surface area contributed by atoms with Crippen LogP contribution in [0.4, 0.5) is 0 Å². The highest BCUT2D eigenvalue weighted by atomic mass is 16.5. The number of hydrogen-bond donors (Lipinski definition) is 1. The summed E-state index contributed by atoms with van der Waals surface area (Å²) in [4.78, 5) is 14.2. The van der Waals surface area contributed by atoms with E-state index in [1.807, 2.05) is 13.8 Å². The summed E-state index contributed by atoms with van der Waals surface area (Å²) in [6.45, 7) is 6.23. The zero-order valence-corrected chi connectivity index (χ0v) is 11.2. The van der Waals surface area contributed by atoms with Gasteiger partial charge >= 0.3 is 5.97 Å². The number of carbonyl (C=O) groups is 1. The van der Waals surface area contributed by atoms with Gasteiger partial charge in [0.2, 0.25) is 0 Å². The van der Waals surface area contributed by atoms with Crippen LogP contribution in [0.2, 0.25) is 0 Å². The van der Waals surface area contributed by atoms with Gasteiger partial charge in [0.05, 0.1) is 7.11 Å². The molecular formula is C13H24N2O2. The molecule has 0 aromatic carbocycles. The number of rotatable bonds is 3. The van der Waals surface area contributed by atoms with Crippen molar-refractivity contribution in [3.63, 3.8) is 0 Å². The lowest BCUT2D eigenvalue weighted by Crippen LogP contribution is -2.56. The van der Waals surface area contributed by atoms with E-state index in [-0.39, 0.29) is 5.97 Å². The SMILES string of the molecule is COC(=O)C(C)(C)NC1CCN2CCCC2C1. The Bertz CT molecular complexity index is 291. The van der Waals surface area contributed by atoms with E-state index in [2.05, 4.69) is 10.2 Å². The number of fused-ring (bicyclic) bond motifs is 1. The number of ether oxygens (including phenoxy) is 1. The predicted molar refractivity (Wildman–Crippen MR) is 66.8 cm³/mol. The number of esters is 1. The Balaban J connectivity index is 1.89. The molecule has 0 radical (unpaired) electrons. The van der Waals surface area contributed by atoms with Gasteiger partial charge in [-0.1, -0.05) is 0 Å². The van der Waals surface area contributed by atoms with Crippen LogP contribution in [-0.4, -0.2) is 48.7 Å². The van der Waals surface area contributed by atoms with E-state index in [1.165, 1.54) is 39.5 Å². The molecule has 2 heterocycles. The lowest BCUT2D eigenvalue weighted by molar-refractivity contribution is -0.147. The largest absolute Gasteiger partial charge is 0.468 e. The zero-order chi connectivity index (χ0) is 12.5. The van der Waals surface area contributed by atoms with E-state index in [4.69, 9.17) is 4.74 Å². The van der Waals surface area contributed by atoms with Crippen LogP contribution in [0.3, 0.4) is 0 Å². The van der Waals surface area contributed by atoms with Crippen LogP contribution in [0.25, 0.3) is 0 Å². The van der Waals surface area contributed by atoms with Crippen LogP contribution in [-0.2, 0) is 9.53 Å². The molecule has 0 bridgehead atoms. The molecule has 0 aromatic rings. The van der Waals surface area contributed by atoms with Crippen molar-refractivity contribution in [2.24, 2.45) is 0 Å². The van der Waals surface area contributed by atoms with Gasteiger partial charge in [-0.25, -0.2) is 0 Å². The molecule has 0 spiro atoms. The maximum Gasteiger partial charge on any atom is 0.325 e. The summed E-state index contributed by atoms with van der Waals surface area (Å²) in [7, 11) is 1.45. The van der Waals surface area contributed by atoms with Crippen LogP contribution in [0.1, 0.15) is 39.5 Å². The predicted octanol–water partition coefficient (Wildman–Crippen LogP) is 1.15. The maximum atomic E-state index is 11.6. The van der Waals surface area contributed by atoms with Crippen molar-refractivity contribution < 1.29 is 9.53 Å². The van der Waals surface area contributed by atoms with Crippen LogP contribution >= 0.6 is 0 Å². The van der Waals surface area contributed by atoms with Crippen molar-refractivity contribution in [1.82, 2.24) is 10.2 Å². The first-order valence-corrected chi connectivity index (χ1v) is 6.63. The summed E-state index contributed by atoms with van der Waals surface area (Å²) in [6, 6.07) is 1.18. The summed E-state index contributed by atoms with van der Waals surface area (Å²) in [5.74, 6) is -0.175. The molecule has 2 atom stereocenters. The Morgan fingerprint density at radius 2 is 2.12 bits per heavy atom. The van der Waals surface area contributed by atoms with Gasteiger partial charge in [-0.05, 0) is 52.6 Å². The quantitative estimate of drug-likeness (QED) is 0.752. The highest BCUT2D eigenvalue weighted by Gasteiger charge is 2.36. The van der Waals surface area contributed by atoms with Crippen molar-refractivity contribution in [2.75, 3.05) is 20.2 Å². The highest BCUT2D eigenvalue weighted by Crippen LogP contribution is 2.27. The second kappa shape index (κ2) is 4.94. The molecule has 2 saturated heterocycles. The fraction of sp³-hybridized carbons (Fsp3) is 0.923. The van der Waals surface area contributed by atoms with E-state index in [9.17, 15) is 4.79 Å². The minimum Gasteiger partial charge on any atom is -0.468 e. The Hall–Kier alpha value is -0.610. The van der Waals surface area contributed by atoms with Gasteiger partial charge in [-0.3, -0.25) is 10.1 Å². The molecule has 2 aliphatic heterocycles. The second-order valence-electron chi connectivity index (χ2n) is 5.81. The van der Waals surface area contributed by atoms with E-state index >= 15 is 0 Å². The van der Waals surface area contributed by atoms with Crippen molar-refractivity contribution in [2.45, 2.75) is 57.2 Å². The first kappa shape index (κ1) is 12.8. The number of piperidine rings is 1. The molecule has 2 aliphatic rings. The van der Waals surface area contributed by atoms with Gasteiger partial charge in [0.1, 0.15) is 5.54 Å². The molecule has 0 aliphatic carbocycles. The van der Waals surface area contributed by atoms with Gasteiger partial charge in [0.15, 0.2) is 0 Å². The van der Waals surface area contributed by atoms with E-state index in [0.29, 0.717) is 6.04 Å². The monoisotopic (exact) mass is 240 g/mol. The van der Waals surface area contributed by atoms with E-state index in [0.717, 1.165) is 12.5 Å². The van der Waals surface area contributed by atoms with Crippen molar-refractivity contribution in [1.29, 1.82) is 0 Å². The molecule has 98 valence electrons. The van der Waals surface area contributed by atoms with Crippen LogP contribution in [0.5, 0.6) is 0 Å². The highest BCUT2D eigenvalue weighted by molar-refractivity contribution is 5.79. The van der Waals surface area contributed by atoms with E-state index in [1.54, 1.807) is 0 Å². The molecule has 1 N–H and O–H groups in total. The number of carbonyl (C=O) groups excluding carboxylic acids is 1. The molecule has 2 rings (SSSR count). The standard InChI is InChI=1S/C13H24N2O2/c1-13(2,12(16)17-3)14-10-6-8-15-7-4-5-11(15)9-10/h10-11,14H,4-9H2,1-3H3. The third-order valence-electron chi connectivity index (χ3n) is 4.08. The first-order valence-electron chi connectivity index (χ1n) is 6.63. The zero-order valence-electron chi connectivity index (χ0n) is 11.2. The fourth-order valence-electron chi connectivity index (χ4n) is 3.18. The number of nitrogens with zero attached hydrogens (tertiary/aromatic N) is 1. The van der Waals surface area contributed by atoms with Crippen molar-refractivity contribution >= 4 is 5.97 Å². The second-order valence-corrected chi connectivity index (χ2v) is 5.81. The molecular weight excluding hydrogens is 216 g/mol. The molecule has 4 heteroatoms. The Morgan fingerprint density at radius 1 is 1.35 bits per heavy atom. The lowest BCUT2D eigenvalue weighted by atomic mass is 9.94. The van der Waals surface area contributed by atoms with Gasteiger partial charge in [-0.2, -0.15) is 0 Å². The fourth-order valence-corrected chi connectivity index (χ4v) is 3.18. The number of methoxy groups -OCH3 is 1. The Kier molecular flexibility index (Phi) is 3.73. The average molecular weight is 240 g/mol. The van der Waals surface area contributed by atoms with Gasteiger partial charge < -0.3 is 9.64 Å². The summed E-state index contributed by atoms with van der Waals surface area (Å²) in [6.07, 6.45) is 4.95. The Morgan fingerprint density at radius 3 is 2.82 bits per heavy atom. The molecule has 2 fully saturated rings. The maximum absolute atomic E-state index is 11.6. The van der Waals surface area contributed by atoms with Gasteiger partial charge in [0.25, 0.3) is 0 Å². The smallest absolute Gasteiger partial charge is 0.325 e. The molecule has 2 unspecified atom stereocenters. The minimum atomic E-state index is -0.569. The third-order valence-corrected chi connectivity index (χ3v) is 4.08. The van der Waals surface area contributed by atoms with Crippen molar-refractivity contribution in [3.8, 4) is 0 Å². The topological polar surface area (TPSA) is 41.6 Å². The summed E-state index contributed by atoms with van der Waals surface area (Å²) >= 11 is 0. The first-order chi connectivity index (χ1) is 8.03. The number of nitrogens with one attached hydrogen (secondary N) is 1. The van der Waals surface area contributed by atoms with Gasteiger partial charge in [0, 0.05) is 12.1 Å². The van der Waals surface area contributed by atoms with Crippen LogP contribution in [0.15, 0.2) is 0 Å². The third kappa shape index (κ3) is 2.80. The summed E-state index contributed by atoms with van der Waals surface area (Å²) < 4.78 is 4.83. The normalized spacial score (nSPS) is 30.1. The van der Waals surface area contributed by atoms with Crippen LogP contribution in [0, 0.1) is 0 Å². The summed E-state index contributed by atoms with van der Waals surface area (Å²) in [5.41, 5.74) is -0.569. The molecule has 0 saturated carbocycles. The average Bonchev–Trinajstić information content (AvgIpc) is 2.74. The molecule has 17 heavy (non-hydrogen) atoms. The molecule has 0 aromatic heterocycles. The number of hydrogen-bond acceptors (Lipinski definition) is 4.